The number of aliphatic hydroxyl groups excluding tert-OH is 3. The molecule has 0 saturated carbocycles. The Balaban J connectivity index is 2.42. The molecule has 1 aromatic rings. The van der Waals surface area contributed by atoms with Crippen LogP contribution in [0.2, 0.25) is 0 Å². The van der Waals surface area contributed by atoms with Crippen LogP contribution in [-0.4, -0.2) is 48.9 Å². The van der Waals surface area contributed by atoms with Gasteiger partial charge in [-0.05, 0) is 6.92 Å². The van der Waals surface area contributed by atoms with Crippen molar-refractivity contribution in [2.24, 2.45) is 0 Å². The zero-order valence-corrected chi connectivity index (χ0v) is 10.4. The Labute approximate surface area is 106 Å². The molecule has 0 amide bonds. The molecule has 0 aromatic carbocycles. The third-order valence-electron chi connectivity index (χ3n) is 2.94. The number of nitrogens with zero attached hydrogens (tertiary/aromatic N) is 1. The van der Waals surface area contributed by atoms with Gasteiger partial charge in [-0.3, -0.25) is 14.3 Å². The summed E-state index contributed by atoms with van der Waals surface area (Å²) in [5.74, 6) is 0. The molecule has 2 rings (SSSR count). The van der Waals surface area contributed by atoms with Gasteiger partial charge in [0.25, 0.3) is 5.56 Å². The van der Waals surface area contributed by atoms with Gasteiger partial charge in [0.15, 0.2) is 0 Å². The maximum Gasteiger partial charge on any atom is 0.329 e. The normalized spacial score (nSPS) is 31.8. The molecule has 2 heterocycles. The van der Waals surface area contributed by atoms with E-state index in [2.05, 4.69) is 4.98 Å². The third kappa shape index (κ3) is 2.12. The first kappa shape index (κ1) is 13.3. The Morgan fingerprint density at radius 1 is 1.39 bits per heavy atom. The summed E-state index contributed by atoms with van der Waals surface area (Å²) >= 11 is 1.10. The molecular weight excluding hydrogens is 260 g/mol. The number of aromatic amines is 1. The first-order valence-corrected chi connectivity index (χ1v) is 6.34. The van der Waals surface area contributed by atoms with E-state index in [-0.39, 0.29) is 6.61 Å². The van der Waals surface area contributed by atoms with Crippen LogP contribution in [0.3, 0.4) is 0 Å². The van der Waals surface area contributed by atoms with E-state index in [1.54, 1.807) is 6.92 Å². The van der Waals surface area contributed by atoms with E-state index in [9.17, 15) is 19.8 Å². The van der Waals surface area contributed by atoms with Crippen LogP contribution in [-0.2, 0) is 0 Å². The minimum atomic E-state index is -1.17. The van der Waals surface area contributed by atoms with Gasteiger partial charge in [-0.25, -0.2) is 4.79 Å². The van der Waals surface area contributed by atoms with Crippen LogP contribution in [0.25, 0.3) is 0 Å². The lowest BCUT2D eigenvalue weighted by Gasteiger charge is -2.17. The Kier molecular flexibility index (Phi) is 3.62. The molecule has 1 aliphatic heterocycles. The minimum absolute atomic E-state index is 0.295. The van der Waals surface area contributed by atoms with Crippen molar-refractivity contribution in [3.05, 3.63) is 32.6 Å². The fourth-order valence-electron chi connectivity index (χ4n) is 1.88. The van der Waals surface area contributed by atoms with Gasteiger partial charge in [0, 0.05) is 11.8 Å². The van der Waals surface area contributed by atoms with Crippen molar-refractivity contribution in [2.75, 3.05) is 6.61 Å². The van der Waals surface area contributed by atoms with Gasteiger partial charge in [-0.2, -0.15) is 0 Å². The van der Waals surface area contributed by atoms with Crippen molar-refractivity contribution in [3.63, 3.8) is 0 Å². The van der Waals surface area contributed by atoms with Gasteiger partial charge in [0.2, 0.25) is 0 Å². The second kappa shape index (κ2) is 4.88. The monoisotopic (exact) mass is 274 g/mol. The molecule has 1 fully saturated rings. The van der Waals surface area contributed by atoms with E-state index in [0.29, 0.717) is 5.56 Å². The Hall–Kier alpha value is -1.09. The molecular formula is C10H14N2O5S. The molecule has 1 aliphatic rings. The van der Waals surface area contributed by atoms with Crippen LogP contribution < -0.4 is 11.2 Å². The second-order valence-corrected chi connectivity index (χ2v) is 5.57. The summed E-state index contributed by atoms with van der Waals surface area (Å²) in [6.45, 7) is 1.25. The number of thioether (sulfide) groups is 1. The van der Waals surface area contributed by atoms with Crippen LogP contribution in [0.5, 0.6) is 0 Å². The number of H-pyrrole nitrogens is 1. The molecule has 1 unspecified atom stereocenters. The van der Waals surface area contributed by atoms with Crippen molar-refractivity contribution < 1.29 is 15.3 Å². The van der Waals surface area contributed by atoms with Crippen LogP contribution in [0.1, 0.15) is 10.9 Å². The summed E-state index contributed by atoms with van der Waals surface area (Å²) in [6, 6.07) is 0. The zero-order chi connectivity index (χ0) is 13.4. The van der Waals surface area contributed by atoms with Crippen molar-refractivity contribution in [1.29, 1.82) is 0 Å². The summed E-state index contributed by atoms with van der Waals surface area (Å²) < 4.78 is 1.17. The topological polar surface area (TPSA) is 116 Å². The van der Waals surface area contributed by atoms with E-state index < -0.39 is 34.1 Å². The molecule has 4 N–H and O–H groups in total. The van der Waals surface area contributed by atoms with Crippen molar-refractivity contribution >= 4 is 11.8 Å². The van der Waals surface area contributed by atoms with Gasteiger partial charge in [0.1, 0.15) is 11.5 Å². The van der Waals surface area contributed by atoms with E-state index >= 15 is 0 Å². The number of hydrogen-bond acceptors (Lipinski definition) is 6. The summed E-state index contributed by atoms with van der Waals surface area (Å²) in [7, 11) is 0. The summed E-state index contributed by atoms with van der Waals surface area (Å²) in [4.78, 5) is 25.0. The van der Waals surface area contributed by atoms with E-state index in [1.807, 2.05) is 0 Å². The lowest BCUT2D eigenvalue weighted by molar-refractivity contribution is 0.0101. The van der Waals surface area contributed by atoms with Gasteiger partial charge >= 0.3 is 5.69 Å². The largest absolute Gasteiger partial charge is 0.395 e. The fourth-order valence-corrected chi connectivity index (χ4v) is 3.26. The summed E-state index contributed by atoms with van der Waals surface area (Å²) in [5.41, 5.74) is -0.787. The van der Waals surface area contributed by atoms with E-state index in [0.717, 1.165) is 11.8 Å². The van der Waals surface area contributed by atoms with E-state index in [4.69, 9.17) is 5.11 Å². The highest BCUT2D eigenvalue weighted by Gasteiger charge is 2.43. The summed E-state index contributed by atoms with van der Waals surface area (Å²) in [6.07, 6.45) is -0.937. The van der Waals surface area contributed by atoms with Crippen LogP contribution in [0.15, 0.2) is 15.8 Å². The molecule has 100 valence electrons. The molecule has 1 saturated heterocycles. The van der Waals surface area contributed by atoms with Gasteiger partial charge in [0.05, 0.1) is 18.0 Å². The third-order valence-corrected chi connectivity index (χ3v) is 4.50. The number of aryl methyl sites for hydroxylation is 1. The summed E-state index contributed by atoms with van der Waals surface area (Å²) in [5, 5.41) is 27.3. The maximum absolute atomic E-state index is 11.7. The Bertz CT molecular complexity index is 554. The average Bonchev–Trinajstić information content (AvgIpc) is 2.61. The highest BCUT2D eigenvalue weighted by Crippen LogP contribution is 2.40. The van der Waals surface area contributed by atoms with Gasteiger partial charge < -0.3 is 15.3 Å². The fraction of sp³-hybridized carbons (Fsp3) is 0.600. The standard InChI is InChI=1S/C10H14N2O5S/c1-4-2-12(10(17)11-8(4)16)9-7(15)6(14)5(3-13)18-9/h2,5-7,9,13-15H,3H2,1H3,(H,11,16,17)/t5-,6+,7?,9-/m1/s1. The lowest BCUT2D eigenvalue weighted by atomic mass is 10.1. The number of rotatable bonds is 2. The van der Waals surface area contributed by atoms with Crippen LogP contribution in [0.4, 0.5) is 0 Å². The average molecular weight is 274 g/mol. The van der Waals surface area contributed by atoms with Crippen LogP contribution >= 0.6 is 11.8 Å². The number of nitrogens with one attached hydrogen (secondary N) is 1. The van der Waals surface area contributed by atoms with Crippen molar-refractivity contribution in [1.82, 2.24) is 9.55 Å². The SMILES string of the molecule is Cc1cn([C@@H]2S[C@H](CO)[C@H](O)C2O)c(=O)[nH]c1=O. The molecule has 7 nitrogen and oxygen atoms in total. The van der Waals surface area contributed by atoms with Crippen molar-refractivity contribution in [2.45, 2.75) is 29.8 Å². The first-order valence-electron chi connectivity index (χ1n) is 5.40. The molecule has 0 aliphatic carbocycles. The smallest absolute Gasteiger partial charge is 0.329 e. The van der Waals surface area contributed by atoms with Gasteiger partial charge in [-0.1, -0.05) is 0 Å². The second-order valence-electron chi connectivity index (χ2n) is 4.21. The highest BCUT2D eigenvalue weighted by atomic mass is 32.2. The predicted octanol–water partition coefficient (Wildman–Crippen LogP) is -1.83. The molecule has 4 atom stereocenters. The molecule has 1 aromatic heterocycles. The Morgan fingerprint density at radius 3 is 2.61 bits per heavy atom. The van der Waals surface area contributed by atoms with Crippen molar-refractivity contribution in [3.8, 4) is 0 Å². The number of aromatic nitrogens is 2. The minimum Gasteiger partial charge on any atom is -0.395 e. The molecule has 0 bridgehead atoms. The lowest BCUT2D eigenvalue weighted by Crippen LogP contribution is -2.38. The Morgan fingerprint density at radius 2 is 2.06 bits per heavy atom. The maximum atomic E-state index is 11.7. The van der Waals surface area contributed by atoms with Gasteiger partial charge in [-0.15, -0.1) is 11.8 Å². The first-order chi connectivity index (χ1) is 8.45. The van der Waals surface area contributed by atoms with Crippen LogP contribution in [0, 0.1) is 6.92 Å². The molecule has 8 heteroatoms. The molecule has 18 heavy (non-hydrogen) atoms. The molecule has 0 spiro atoms. The number of hydrogen-bond donors (Lipinski definition) is 4. The predicted molar refractivity (Wildman–Crippen MR) is 65.6 cm³/mol. The zero-order valence-electron chi connectivity index (χ0n) is 9.61. The number of aliphatic hydroxyl groups is 3. The molecule has 0 radical (unpaired) electrons. The quantitative estimate of drug-likeness (QED) is 0.504. The highest BCUT2D eigenvalue weighted by molar-refractivity contribution is 8.00. The van der Waals surface area contributed by atoms with E-state index in [1.165, 1.54) is 10.8 Å².